The maximum atomic E-state index is 13.0. The fourth-order valence-corrected chi connectivity index (χ4v) is 5.52. The SMILES string of the molecule is Cc1cc(COc2ccc(S(=O)(=O)C3COCC3C(=O)NO)cc2)c2ccccc2n1. The molecule has 3 aromatic rings. The zero-order chi connectivity index (χ0) is 22.0. The molecular formula is C22H22N2O6S. The maximum Gasteiger partial charge on any atom is 0.250 e. The second-order valence-electron chi connectivity index (χ2n) is 7.40. The van der Waals surface area contributed by atoms with Gasteiger partial charge >= 0.3 is 0 Å². The van der Waals surface area contributed by atoms with E-state index in [-0.39, 0.29) is 18.1 Å². The highest BCUT2D eigenvalue weighted by molar-refractivity contribution is 7.92. The summed E-state index contributed by atoms with van der Waals surface area (Å²) in [7, 11) is -3.82. The maximum absolute atomic E-state index is 13.0. The molecule has 1 aliphatic heterocycles. The molecule has 1 aromatic heterocycles. The van der Waals surface area contributed by atoms with E-state index in [2.05, 4.69) is 4.98 Å². The lowest BCUT2D eigenvalue weighted by Crippen LogP contribution is -2.39. The number of benzene rings is 2. The third-order valence-corrected chi connectivity index (χ3v) is 7.54. The molecule has 2 N–H and O–H groups in total. The molecule has 0 bridgehead atoms. The predicted molar refractivity (Wildman–Crippen MR) is 112 cm³/mol. The van der Waals surface area contributed by atoms with Crippen LogP contribution in [0.3, 0.4) is 0 Å². The van der Waals surface area contributed by atoms with Crippen molar-refractivity contribution in [2.75, 3.05) is 13.2 Å². The van der Waals surface area contributed by atoms with Crippen molar-refractivity contribution in [1.29, 1.82) is 0 Å². The van der Waals surface area contributed by atoms with E-state index >= 15 is 0 Å². The number of aromatic nitrogens is 1. The van der Waals surface area contributed by atoms with Crippen molar-refractivity contribution in [3.05, 3.63) is 65.9 Å². The van der Waals surface area contributed by atoms with E-state index in [4.69, 9.17) is 14.7 Å². The molecule has 2 aromatic carbocycles. The molecule has 2 unspecified atom stereocenters. The average molecular weight is 442 g/mol. The minimum Gasteiger partial charge on any atom is -0.489 e. The van der Waals surface area contributed by atoms with Crippen LogP contribution in [0.25, 0.3) is 10.9 Å². The number of para-hydroxylation sites is 1. The number of carbonyl (C=O) groups excluding carboxylic acids is 1. The zero-order valence-electron chi connectivity index (χ0n) is 16.8. The van der Waals surface area contributed by atoms with Crippen molar-refractivity contribution in [3.8, 4) is 5.75 Å². The number of aryl methyl sites for hydroxylation is 1. The molecule has 9 heteroatoms. The van der Waals surface area contributed by atoms with Gasteiger partial charge in [0, 0.05) is 16.6 Å². The Bertz CT molecular complexity index is 1210. The summed E-state index contributed by atoms with van der Waals surface area (Å²) in [6, 6.07) is 15.8. The molecule has 0 aliphatic carbocycles. The smallest absolute Gasteiger partial charge is 0.250 e. The summed E-state index contributed by atoms with van der Waals surface area (Å²) in [5.74, 6) is -1.22. The zero-order valence-corrected chi connectivity index (χ0v) is 17.6. The molecule has 8 nitrogen and oxygen atoms in total. The Balaban J connectivity index is 1.51. The average Bonchev–Trinajstić information content (AvgIpc) is 3.28. The van der Waals surface area contributed by atoms with Crippen molar-refractivity contribution < 1.29 is 27.9 Å². The molecule has 1 amide bonds. The van der Waals surface area contributed by atoms with Gasteiger partial charge in [0.05, 0.1) is 29.5 Å². The molecule has 2 heterocycles. The Morgan fingerprint density at radius 3 is 2.68 bits per heavy atom. The van der Waals surface area contributed by atoms with Crippen LogP contribution in [0.5, 0.6) is 5.75 Å². The normalized spacial score (nSPS) is 18.8. The van der Waals surface area contributed by atoms with Crippen LogP contribution in [-0.4, -0.2) is 43.0 Å². The number of hydroxylamine groups is 1. The number of sulfone groups is 1. The number of pyridine rings is 1. The fourth-order valence-electron chi connectivity index (χ4n) is 3.74. The Morgan fingerprint density at radius 2 is 1.94 bits per heavy atom. The molecule has 0 radical (unpaired) electrons. The number of hydrogen-bond donors (Lipinski definition) is 2. The van der Waals surface area contributed by atoms with Crippen molar-refractivity contribution in [3.63, 3.8) is 0 Å². The number of nitrogens with one attached hydrogen (secondary N) is 1. The topological polar surface area (TPSA) is 115 Å². The van der Waals surface area contributed by atoms with Gasteiger partial charge in [-0.25, -0.2) is 13.9 Å². The fraction of sp³-hybridized carbons (Fsp3) is 0.273. The molecule has 31 heavy (non-hydrogen) atoms. The van der Waals surface area contributed by atoms with E-state index in [9.17, 15) is 13.2 Å². The standard InChI is InChI=1S/C22H22N2O6S/c1-14-10-15(18-4-2-3-5-20(18)23-14)11-30-16-6-8-17(9-7-16)31(27,28)21-13-29-12-19(21)22(25)24-26/h2-10,19,21,26H,11-13H2,1H3,(H,24,25). The molecule has 1 saturated heterocycles. The minimum absolute atomic E-state index is 0.0587. The Morgan fingerprint density at radius 1 is 1.19 bits per heavy atom. The molecule has 162 valence electrons. The summed E-state index contributed by atoms with van der Waals surface area (Å²) in [4.78, 5) is 16.3. The van der Waals surface area contributed by atoms with Gasteiger partial charge in [0.2, 0.25) is 5.91 Å². The van der Waals surface area contributed by atoms with Gasteiger partial charge < -0.3 is 9.47 Å². The van der Waals surface area contributed by atoms with Crippen LogP contribution in [-0.2, 0) is 26.0 Å². The number of fused-ring (bicyclic) bond motifs is 1. The van der Waals surface area contributed by atoms with E-state index in [0.717, 1.165) is 22.2 Å². The summed E-state index contributed by atoms with van der Waals surface area (Å²) in [5, 5.41) is 8.80. The van der Waals surface area contributed by atoms with E-state index < -0.39 is 26.9 Å². The van der Waals surface area contributed by atoms with Crippen LogP contribution in [0.2, 0.25) is 0 Å². The lowest BCUT2D eigenvalue weighted by molar-refractivity contribution is -0.133. The second kappa shape index (κ2) is 8.62. The summed E-state index contributed by atoms with van der Waals surface area (Å²) in [5.41, 5.74) is 4.28. The minimum atomic E-state index is -3.82. The molecule has 0 spiro atoms. The van der Waals surface area contributed by atoms with E-state index in [0.29, 0.717) is 12.4 Å². The van der Waals surface area contributed by atoms with Gasteiger partial charge in [-0.1, -0.05) is 18.2 Å². The Kier molecular flexibility index (Phi) is 5.90. The Hall–Kier alpha value is -3.01. The first-order valence-corrected chi connectivity index (χ1v) is 11.3. The number of rotatable bonds is 6. The van der Waals surface area contributed by atoms with E-state index in [1.54, 1.807) is 12.1 Å². The monoisotopic (exact) mass is 442 g/mol. The van der Waals surface area contributed by atoms with Gasteiger partial charge in [0.1, 0.15) is 17.6 Å². The van der Waals surface area contributed by atoms with Gasteiger partial charge in [-0.15, -0.1) is 0 Å². The highest BCUT2D eigenvalue weighted by atomic mass is 32.2. The van der Waals surface area contributed by atoms with Crippen molar-refractivity contribution in [1.82, 2.24) is 10.5 Å². The second-order valence-corrected chi connectivity index (χ2v) is 9.57. The lowest BCUT2D eigenvalue weighted by atomic mass is 10.1. The number of ether oxygens (including phenoxy) is 2. The molecule has 0 saturated carbocycles. The third kappa shape index (κ3) is 4.25. The van der Waals surface area contributed by atoms with Crippen LogP contribution in [0.4, 0.5) is 0 Å². The van der Waals surface area contributed by atoms with Crippen molar-refractivity contribution in [2.45, 2.75) is 23.7 Å². The number of nitrogens with zero attached hydrogens (tertiary/aromatic N) is 1. The molecule has 2 atom stereocenters. The number of carbonyl (C=O) groups is 1. The summed E-state index contributed by atoms with van der Waals surface area (Å²) >= 11 is 0. The van der Waals surface area contributed by atoms with Crippen LogP contribution in [0.15, 0.2) is 59.5 Å². The van der Waals surface area contributed by atoms with Crippen molar-refractivity contribution >= 4 is 26.6 Å². The van der Waals surface area contributed by atoms with Crippen LogP contribution in [0.1, 0.15) is 11.3 Å². The first-order chi connectivity index (χ1) is 14.9. The van der Waals surface area contributed by atoms with Crippen LogP contribution < -0.4 is 10.2 Å². The van der Waals surface area contributed by atoms with Gasteiger partial charge in [0.25, 0.3) is 0 Å². The summed E-state index contributed by atoms with van der Waals surface area (Å²) in [6.07, 6.45) is 0. The lowest BCUT2D eigenvalue weighted by Gasteiger charge is -2.16. The molecular weight excluding hydrogens is 420 g/mol. The molecule has 1 fully saturated rings. The predicted octanol–water partition coefficient (Wildman–Crippen LogP) is 2.42. The third-order valence-electron chi connectivity index (χ3n) is 5.35. The van der Waals surface area contributed by atoms with Crippen molar-refractivity contribution in [2.24, 2.45) is 5.92 Å². The van der Waals surface area contributed by atoms with Crippen LogP contribution >= 0.6 is 0 Å². The van der Waals surface area contributed by atoms with Gasteiger partial charge in [-0.05, 0) is 43.3 Å². The van der Waals surface area contributed by atoms with E-state index in [1.807, 2.05) is 37.3 Å². The highest BCUT2D eigenvalue weighted by Crippen LogP contribution is 2.28. The van der Waals surface area contributed by atoms with E-state index in [1.165, 1.54) is 17.6 Å². The molecule has 4 rings (SSSR count). The largest absolute Gasteiger partial charge is 0.489 e. The molecule has 1 aliphatic rings. The number of amides is 1. The van der Waals surface area contributed by atoms with Crippen LogP contribution in [0, 0.1) is 12.8 Å². The first-order valence-electron chi connectivity index (χ1n) is 9.74. The van der Waals surface area contributed by atoms with Gasteiger partial charge in [-0.2, -0.15) is 0 Å². The quantitative estimate of drug-likeness (QED) is 0.445. The van der Waals surface area contributed by atoms with Gasteiger partial charge in [-0.3, -0.25) is 15.0 Å². The Labute approximate surface area is 179 Å². The first kappa shape index (κ1) is 21.2. The number of hydrogen-bond acceptors (Lipinski definition) is 7. The summed E-state index contributed by atoms with van der Waals surface area (Å²) in [6.45, 7) is 2.07. The summed E-state index contributed by atoms with van der Waals surface area (Å²) < 4.78 is 37.0. The van der Waals surface area contributed by atoms with Gasteiger partial charge in [0.15, 0.2) is 9.84 Å². The highest BCUT2D eigenvalue weighted by Gasteiger charge is 2.43.